The van der Waals surface area contributed by atoms with Crippen molar-refractivity contribution in [1.29, 1.82) is 0 Å². The summed E-state index contributed by atoms with van der Waals surface area (Å²) in [6, 6.07) is 0.632. The Labute approximate surface area is 121 Å². The number of nitrogens with zero attached hydrogens (tertiary/aromatic N) is 2. The van der Waals surface area contributed by atoms with Gasteiger partial charge in [-0.15, -0.1) is 0 Å². The van der Waals surface area contributed by atoms with E-state index in [0.29, 0.717) is 12.5 Å². The standard InChI is InChI=1S/C15H26N4O/c1-11(2)16-9-5-8-15(20)18-13-6-4-7-14-12(13)10-17-19(14)3/h10-11,13,16H,4-9H2,1-3H3,(H,18,20). The zero-order chi connectivity index (χ0) is 14.5. The summed E-state index contributed by atoms with van der Waals surface area (Å²) in [6.45, 7) is 5.13. The SMILES string of the molecule is CC(C)NCCCC(=O)NC1CCCc2c1cnn2C. The molecule has 0 spiro atoms. The van der Waals surface area contributed by atoms with E-state index in [0.717, 1.165) is 32.2 Å². The molecular formula is C15H26N4O. The molecular weight excluding hydrogens is 252 g/mol. The molecule has 0 saturated heterocycles. The van der Waals surface area contributed by atoms with Gasteiger partial charge in [-0.25, -0.2) is 0 Å². The zero-order valence-corrected chi connectivity index (χ0v) is 12.8. The van der Waals surface area contributed by atoms with E-state index in [1.807, 2.05) is 17.9 Å². The molecule has 1 aromatic rings. The number of nitrogens with one attached hydrogen (secondary N) is 2. The number of carbonyl (C=O) groups excluding carboxylic acids is 1. The van der Waals surface area contributed by atoms with E-state index < -0.39 is 0 Å². The molecule has 0 saturated carbocycles. The Bertz CT molecular complexity index is 453. The minimum Gasteiger partial charge on any atom is -0.349 e. The summed E-state index contributed by atoms with van der Waals surface area (Å²) < 4.78 is 1.93. The third kappa shape index (κ3) is 3.82. The molecule has 1 unspecified atom stereocenters. The van der Waals surface area contributed by atoms with Crippen LogP contribution in [0, 0.1) is 0 Å². The maximum atomic E-state index is 12.0. The average molecular weight is 278 g/mol. The summed E-state index contributed by atoms with van der Waals surface area (Å²) in [5.74, 6) is 0.150. The van der Waals surface area contributed by atoms with Gasteiger partial charge in [0.2, 0.25) is 5.91 Å². The molecule has 0 aromatic carbocycles. The number of aromatic nitrogens is 2. The Morgan fingerprint density at radius 3 is 3.10 bits per heavy atom. The third-order valence-electron chi connectivity index (χ3n) is 3.84. The van der Waals surface area contributed by atoms with Gasteiger partial charge in [0, 0.05) is 30.8 Å². The topological polar surface area (TPSA) is 59.0 Å². The van der Waals surface area contributed by atoms with Crippen LogP contribution in [0.2, 0.25) is 0 Å². The second-order valence-corrected chi connectivity index (χ2v) is 5.89. The Hall–Kier alpha value is -1.36. The van der Waals surface area contributed by atoms with Crippen molar-refractivity contribution in [2.75, 3.05) is 6.54 Å². The number of aryl methyl sites for hydroxylation is 1. The highest BCUT2D eigenvalue weighted by Gasteiger charge is 2.24. The van der Waals surface area contributed by atoms with E-state index in [2.05, 4.69) is 29.6 Å². The van der Waals surface area contributed by atoms with Crippen molar-refractivity contribution in [2.45, 2.75) is 58.0 Å². The van der Waals surface area contributed by atoms with Crippen LogP contribution in [0.15, 0.2) is 6.20 Å². The van der Waals surface area contributed by atoms with Crippen LogP contribution < -0.4 is 10.6 Å². The van der Waals surface area contributed by atoms with Crippen LogP contribution in [-0.4, -0.2) is 28.3 Å². The van der Waals surface area contributed by atoms with E-state index in [4.69, 9.17) is 0 Å². The van der Waals surface area contributed by atoms with Gasteiger partial charge in [-0.05, 0) is 32.2 Å². The number of amides is 1. The minimum atomic E-state index is 0.150. The van der Waals surface area contributed by atoms with Gasteiger partial charge in [-0.3, -0.25) is 9.48 Å². The minimum absolute atomic E-state index is 0.150. The van der Waals surface area contributed by atoms with E-state index in [-0.39, 0.29) is 11.9 Å². The summed E-state index contributed by atoms with van der Waals surface area (Å²) in [4.78, 5) is 12.0. The lowest BCUT2D eigenvalue weighted by Gasteiger charge is -2.23. The highest BCUT2D eigenvalue weighted by Crippen LogP contribution is 2.29. The number of carbonyl (C=O) groups is 1. The van der Waals surface area contributed by atoms with E-state index in [9.17, 15) is 4.79 Å². The first-order valence-electron chi connectivity index (χ1n) is 7.61. The van der Waals surface area contributed by atoms with E-state index >= 15 is 0 Å². The van der Waals surface area contributed by atoms with Crippen LogP contribution in [0.25, 0.3) is 0 Å². The normalized spacial score (nSPS) is 18.1. The molecule has 2 N–H and O–H groups in total. The lowest BCUT2D eigenvalue weighted by Crippen LogP contribution is -2.31. The van der Waals surface area contributed by atoms with Crippen LogP contribution in [-0.2, 0) is 18.3 Å². The fourth-order valence-corrected chi connectivity index (χ4v) is 2.76. The fourth-order valence-electron chi connectivity index (χ4n) is 2.76. The highest BCUT2D eigenvalue weighted by atomic mass is 16.1. The molecule has 1 amide bonds. The zero-order valence-electron chi connectivity index (χ0n) is 12.8. The van der Waals surface area contributed by atoms with Crippen LogP contribution in [0.5, 0.6) is 0 Å². The quantitative estimate of drug-likeness (QED) is 0.779. The summed E-state index contributed by atoms with van der Waals surface area (Å²) in [7, 11) is 1.97. The van der Waals surface area contributed by atoms with Crippen LogP contribution in [0.1, 0.15) is 56.8 Å². The molecule has 2 rings (SSSR count). The van der Waals surface area contributed by atoms with E-state index in [1.165, 1.54) is 11.3 Å². The number of fused-ring (bicyclic) bond motifs is 1. The van der Waals surface area contributed by atoms with Crippen LogP contribution in [0.3, 0.4) is 0 Å². The summed E-state index contributed by atoms with van der Waals surface area (Å²) in [5, 5.41) is 10.8. The van der Waals surface area contributed by atoms with Crippen molar-refractivity contribution in [3.63, 3.8) is 0 Å². The van der Waals surface area contributed by atoms with Crippen molar-refractivity contribution in [3.8, 4) is 0 Å². The molecule has 0 bridgehead atoms. The van der Waals surface area contributed by atoms with Crippen molar-refractivity contribution in [3.05, 3.63) is 17.5 Å². The second kappa shape index (κ2) is 6.88. The molecule has 1 heterocycles. The first-order valence-corrected chi connectivity index (χ1v) is 7.61. The number of rotatable bonds is 6. The molecule has 0 fully saturated rings. The van der Waals surface area contributed by atoms with Crippen molar-refractivity contribution >= 4 is 5.91 Å². The molecule has 1 aromatic heterocycles. The lowest BCUT2D eigenvalue weighted by atomic mass is 9.93. The molecule has 1 aliphatic carbocycles. The molecule has 20 heavy (non-hydrogen) atoms. The average Bonchev–Trinajstić information content (AvgIpc) is 2.78. The summed E-state index contributed by atoms with van der Waals surface area (Å²) in [6.07, 6.45) is 6.58. The van der Waals surface area contributed by atoms with Gasteiger partial charge in [0.05, 0.1) is 12.2 Å². The second-order valence-electron chi connectivity index (χ2n) is 5.89. The first-order chi connectivity index (χ1) is 9.58. The molecule has 5 heteroatoms. The van der Waals surface area contributed by atoms with Crippen molar-refractivity contribution in [2.24, 2.45) is 7.05 Å². The predicted molar refractivity (Wildman–Crippen MR) is 79.4 cm³/mol. The Balaban J connectivity index is 1.80. The first kappa shape index (κ1) is 15.0. The number of hydrogen-bond acceptors (Lipinski definition) is 3. The van der Waals surface area contributed by atoms with Gasteiger partial charge in [0.15, 0.2) is 0 Å². The highest BCUT2D eigenvalue weighted by molar-refractivity contribution is 5.76. The van der Waals surface area contributed by atoms with Gasteiger partial charge in [0.25, 0.3) is 0 Å². The van der Waals surface area contributed by atoms with Gasteiger partial charge in [-0.2, -0.15) is 5.10 Å². The predicted octanol–water partition coefficient (Wildman–Crippen LogP) is 1.69. The van der Waals surface area contributed by atoms with Gasteiger partial charge in [-0.1, -0.05) is 13.8 Å². The third-order valence-corrected chi connectivity index (χ3v) is 3.84. The van der Waals surface area contributed by atoms with Crippen molar-refractivity contribution < 1.29 is 4.79 Å². The lowest BCUT2D eigenvalue weighted by molar-refractivity contribution is -0.122. The summed E-state index contributed by atoms with van der Waals surface area (Å²) in [5.41, 5.74) is 2.47. The van der Waals surface area contributed by atoms with Crippen LogP contribution in [0.4, 0.5) is 0 Å². The molecule has 1 atom stereocenters. The molecule has 112 valence electrons. The van der Waals surface area contributed by atoms with E-state index in [1.54, 1.807) is 0 Å². The Morgan fingerprint density at radius 1 is 1.55 bits per heavy atom. The molecule has 5 nitrogen and oxygen atoms in total. The summed E-state index contributed by atoms with van der Waals surface area (Å²) >= 11 is 0. The van der Waals surface area contributed by atoms with Gasteiger partial charge in [0.1, 0.15) is 0 Å². The monoisotopic (exact) mass is 278 g/mol. The maximum Gasteiger partial charge on any atom is 0.220 e. The van der Waals surface area contributed by atoms with Gasteiger partial charge >= 0.3 is 0 Å². The largest absolute Gasteiger partial charge is 0.349 e. The Morgan fingerprint density at radius 2 is 2.35 bits per heavy atom. The van der Waals surface area contributed by atoms with Gasteiger partial charge < -0.3 is 10.6 Å². The number of hydrogen-bond donors (Lipinski definition) is 2. The maximum absolute atomic E-state index is 12.0. The molecule has 0 aliphatic heterocycles. The smallest absolute Gasteiger partial charge is 0.220 e. The molecule has 1 aliphatic rings. The van der Waals surface area contributed by atoms with Crippen LogP contribution >= 0.6 is 0 Å². The fraction of sp³-hybridized carbons (Fsp3) is 0.733. The van der Waals surface area contributed by atoms with Crippen molar-refractivity contribution in [1.82, 2.24) is 20.4 Å². The molecule has 0 radical (unpaired) electrons. The Kier molecular flexibility index (Phi) is 5.17.